The van der Waals surface area contributed by atoms with E-state index in [4.69, 9.17) is 4.74 Å². The zero-order chi connectivity index (χ0) is 13.0. The van der Waals surface area contributed by atoms with E-state index in [-0.39, 0.29) is 5.82 Å². The summed E-state index contributed by atoms with van der Waals surface area (Å²) in [6.07, 6.45) is 1.68. The molecule has 3 nitrogen and oxygen atoms in total. The van der Waals surface area contributed by atoms with Crippen LogP contribution in [0.3, 0.4) is 0 Å². The molecule has 1 aliphatic carbocycles. The summed E-state index contributed by atoms with van der Waals surface area (Å²) in [5.41, 5.74) is 0.614. The highest BCUT2D eigenvalue weighted by atomic mass is 19.1. The zero-order valence-electron chi connectivity index (χ0n) is 10.6. The molecule has 100 valence electrons. The highest BCUT2D eigenvalue weighted by molar-refractivity contribution is 5.19. The maximum absolute atomic E-state index is 13.0. The third kappa shape index (κ3) is 3.51. The molecule has 1 aromatic rings. The first-order chi connectivity index (χ1) is 8.69. The molecule has 1 fully saturated rings. The minimum absolute atomic E-state index is 0.313. The first-order valence-electron chi connectivity index (χ1n) is 6.47. The lowest BCUT2D eigenvalue weighted by Gasteiger charge is -2.36. The molecule has 1 saturated carbocycles. The number of aliphatic hydroxyl groups excluding tert-OH is 1. The van der Waals surface area contributed by atoms with Crippen LogP contribution in [0.25, 0.3) is 0 Å². The highest BCUT2D eigenvalue weighted by Crippen LogP contribution is 2.24. The van der Waals surface area contributed by atoms with Crippen LogP contribution in [0.5, 0.6) is 0 Å². The fourth-order valence-electron chi connectivity index (χ4n) is 2.21. The third-order valence-corrected chi connectivity index (χ3v) is 3.33. The van der Waals surface area contributed by atoms with Crippen LogP contribution in [0, 0.1) is 5.82 Å². The van der Waals surface area contributed by atoms with Gasteiger partial charge in [0.15, 0.2) is 0 Å². The predicted molar refractivity (Wildman–Crippen MR) is 67.8 cm³/mol. The van der Waals surface area contributed by atoms with Gasteiger partial charge in [-0.05, 0) is 37.5 Å². The Hall–Kier alpha value is -0.970. The van der Waals surface area contributed by atoms with Gasteiger partial charge in [0.05, 0.1) is 12.2 Å². The Bertz CT molecular complexity index is 380. The monoisotopic (exact) mass is 253 g/mol. The Morgan fingerprint density at radius 2 is 2.28 bits per heavy atom. The molecule has 0 amide bonds. The minimum atomic E-state index is -0.660. The van der Waals surface area contributed by atoms with Gasteiger partial charge in [0, 0.05) is 19.2 Å². The normalized spacial score (nSPS) is 24.6. The van der Waals surface area contributed by atoms with Gasteiger partial charge in [-0.1, -0.05) is 12.1 Å². The van der Waals surface area contributed by atoms with Crippen LogP contribution in [0.1, 0.15) is 31.4 Å². The molecule has 0 saturated heterocycles. The van der Waals surface area contributed by atoms with Gasteiger partial charge in [0.2, 0.25) is 0 Å². The fourth-order valence-corrected chi connectivity index (χ4v) is 2.21. The molecule has 0 heterocycles. The van der Waals surface area contributed by atoms with E-state index in [0.717, 1.165) is 19.4 Å². The molecule has 1 aromatic carbocycles. The van der Waals surface area contributed by atoms with Gasteiger partial charge >= 0.3 is 0 Å². The number of aliphatic hydroxyl groups is 1. The number of benzene rings is 1. The van der Waals surface area contributed by atoms with Gasteiger partial charge in [-0.2, -0.15) is 0 Å². The number of ether oxygens (including phenoxy) is 1. The molecule has 1 aliphatic rings. The van der Waals surface area contributed by atoms with Crippen molar-refractivity contribution in [1.29, 1.82) is 0 Å². The second-order valence-corrected chi connectivity index (χ2v) is 4.72. The van der Waals surface area contributed by atoms with Crippen LogP contribution in [0.4, 0.5) is 4.39 Å². The van der Waals surface area contributed by atoms with Crippen molar-refractivity contribution in [2.75, 3.05) is 13.2 Å². The second-order valence-electron chi connectivity index (χ2n) is 4.72. The standard InChI is InChI=1S/C14H20FNO2/c1-2-18-13-7-12(8-13)16-9-14(17)10-4-3-5-11(15)6-10/h3-6,12-14,16-17H,2,7-9H2,1H3. The molecule has 1 atom stereocenters. The molecule has 2 rings (SSSR count). The van der Waals surface area contributed by atoms with Gasteiger partial charge in [0.25, 0.3) is 0 Å². The summed E-state index contributed by atoms with van der Waals surface area (Å²) < 4.78 is 18.5. The van der Waals surface area contributed by atoms with Crippen molar-refractivity contribution in [2.45, 2.75) is 38.0 Å². The summed E-state index contributed by atoms with van der Waals surface area (Å²) >= 11 is 0. The Morgan fingerprint density at radius 3 is 2.94 bits per heavy atom. The zero-order valence-corrected chi connectivity index (χ0v) is 10.6. The van der Waals surface area contributed by atoms with Crippen molar-refractivity contribution in [1.82, 2.24) is 5.32 Å². The number of hydrogen-bond acceptors (Lipinski definition) is 3. The smallest absolute Gasteiger partial charge is 0.123 e. The molecule has 0 bridgehead atoms. The number of hydrogen-bond donors (Lipinski definition) is 2. The molecular weight excluding hydrogens is 233 g/mol. The van der Waals surface area contributed by atoms with E-state index in [2.05, 4.69) is 5.32 Å². The third-order valence-electron chi connectivity index (χ3n) is 3.33. The summed E-state index contributed by atoms with van der Waals surface area (Å²) in [6, 6.07) is 6.50. The molecular formula is C14H20FNO2. The Kier molecular flexibility index (Phi) is 4.69. The summed E-state index contributed by atoms with van der Waals surface area (Å²) in [7, 11) is 0. The fraction of sp³-hybridized carbons (Fsp3) is 0.571. The predicted octanol–water partition coefficient (Wildman–Crippen LogP) is 2.02. The lowest BCUT2D eigenvalue weighted by Crippen LogP contribution is -2.46. The number of rotatable bonds is 6. The molecule has 0 radical (unpaired) electrons. The van der Waals surface area contributed by atoms with Crippen LogP contribution in [-0.4, -0.2) is 30.4 Å². The van der Waals surface area contributed by atoms with Crippen molar-refractivity contribution >= 4 is 0 Å². The van der Waals surface area contributed by atoms with E-state index >= 15 is 0 Å². The molecule has 0 aliphatic heterocycles. The maximum atomic E-state index is 13.0. The van der Waals surface area contributed by atoms with Crippen LogP contribution >= 0.6 is 0 Å². The van der Waals surface area contributed by atoms with Crippen molar-refractivity contribution < 1.29 is 14.2 Å². The van der Waals surface area contributed by atoms with E-state index in [1.165, 1.54) is 12.1 Å². The van der Waals surface area contributed by atoms with Crippen LogP contribution in [0.15, 0.2) is 24.3 Å². The van der Waals surface area contributed by atoms with Gasteiger partial charge in [0.1, 0.15) is 5.82 Å². The topological polar surface area (TPSA) is 41.5 Å². The van der Waals surface area contributed by atoms with Gasteiger partial charge in [-0.15, -0.1) is 0 Å². The van der Waals surface area contributed by atoms with Gasteiger partial charge in [-0.25, -0.2) is 4.39 Å². The van der Waals surface area contributed by atoms with Crippen LogP contribution < -0.4 is 5.32 Å². The first-order valence-corrected chi connectivity index (χ1v) is 6.47. The quantitative estimate of drug-likeness (QED) is 0.815. The summed E-state index contributed by atoms with van der Waals surface area (Å²) in [4.78, 5) is 0. The summed E-state index contributed by atoms with van der Waals surface area (Å²) in [5.74, 6) is -0.313. The molecule has 0 aromatic heterocycles. The summed E-state index contributed by atoms with van der Waals surface area (Å²) in [5, 5.41) is 13.2. The van der Waals surface area contributed by atoms with Gasteiger partial charge in [-0.3, -0.25) is 0 Å². The summed E-state index contributed by atoms with van der Waals surface area (Å²) in [6.45, 7) is 3.20. The minimum Gasteiger partial charge on any atom is -0.387 e. The lowest BCUT2D eigenvalue weighted by molar-refractivity contribution is -0.0123. The molecule has 2 N–H and O–H groups in total. The lowest BCUT2D eigenvalue weighted by atomic mass is 9.89. The Balaban J connectivity index is 1.71. The van der Waals surface area contributed by atoms with E-state index in [9.17, 15) is 9.50 Å². The van der Waals surface area contributed by atoms with E-state index < -0.39 is 6.10 Å². The van der Waals surface area contributed by atoms with E-state index in [0.29, 0.717) is 24.3 Å². The number of halogens is 1. The van der Waals surface area contributed by atoms with E-state index in [1.54, 1.807) is 12.1 Å². The SMILES string of the molecule is CCOC1CC(NCC(O)c2cccc(F)c2)C1. The van der Waals surface area contributed by atoms with Crippen molar-refractivity contribution in [3.05, 3.63) is 35.6 Å². The van der Waals surface area contributed by atoms with E-state index in [1.807, 2.05) is 6.92 Å². The average Bonchev–Trinajstić information content (AvgIpc) is 2.31. The Morgan fingerprint density at radius 1 is 1.50 bits per heavy atom. The largest absolute Gasteiger partial charge is 0.387 e. The average molecular weight is 253 g/mol. The molecule has 18 heavy (non-hydrogen) atoms. The van der Waals surface area contributed by atoms with Crippen molar-refractivity contribution in [2.24, 2.45) is 0 Å². The molecule has 0 spiro atoms. The first kappa shape index (κ1) is 13.5. The van der Waals surface area contributed by atoms with Gasteiger partial charge < -0.3 is 15.2 Å². The Labute approximate surface area is 107 Å². The maximum Gasteiger partial charge on any atom is 0.123 e. The molecule has 1 unspecified atom stereocenters. The van der Waals surface area contributed by atoms with Crippen LogP contribution in [-0.2, 0) is 4.74 Å². The van der Waals surface area contributed by atoms with Crippen molar-refractivity contribution in [3.63, 3.8) is 0 Å². The second kappa shape index (κ2) is 6.27. The highest BCUT2D eigenvalue weighted by Gasteiger charge is 2.29. The molecule has 4 heteroatoms. The number of nitrogens with one attached hydrogen (secondary N) is 1. The van der Waals surface area contributed by atoms with Crippen LogP contribution in [0.2, 0.25) is 0 Å². The van der Waals surface area contributed by atoms with Crippen molar-refractivity contribution in [3.8, 4) is 0 Å².